The summed E-state index contributed by atoms with van der Waals surface area (Å²) in [5.41, 5.74) is 1.73. The predicted octanol–water partition coefficient (Wildman–Crippen LogP) is 1.64. The third-order valence-electron chi connectivity index (χ3n) is 5.02. The summed E-state index contributed by atoms with van der Waals surface area (Å²) in [6, 6.07) is 13.3. The van der Waals surface area contributed by atoms with Gasteiger partial charge in [0.25, 0.3) is 0 Å². The summed E-state index contributed by atoms with van der Waals surface area (Å²) in [5, 5.41) is 5.28. The highest BCUT2D eigenvalue weighted by molar-refractivity contribution is 6.35. The molecule has 0 radical (unpaired) electrons. The Hall–Kier alpha value is -2.97. The molecule has 2 amide bonds. The number of hydrogen-bond donors (Lipinski definition) is 2. The van der Waals surface area contributed by atoms with Crippen molar-refractivity contribution in [1.29, 1.82) is 0 Å². The molecular weight excluding hydrogens is 389 g/mol. The Morgan fingerprint density at radius 1 is 1.03 bits per heavy atom. The van der Waals surface area contributed by atoms with Gasteiger partial charge in [0.1, 0.15) is 11.6 Å². The normalized spacial score (nSPS) is 15.3. The Morgan fingerprint density at radius 2 is 1.67 bits per heavy atom. The lowest BCUT2D eigenvalue weighted by Crippen LogP contribution is -2.46. The summed E-state index contributed by atoms with van der Waals surface area (Å²) in [6.07, 6.45) is 0. The molecule has 0 bridgehead atoms. The molecule has 0 aliphatic carbocycles. The van der Waals surface area contributed by atoms with E-state index in [1.54, 1.807) is 19.2 Å². The van der Waals surface area contributed by atoms with Crippen molar-refractivity contribution < 1.29 is 23.5 Å². The highest BCUT2D eigenvalue weighted by atomic mass is 19.1. The van der Waals surface area contributed by atoms with Crippen LogP contribution in [0.4, 0.5) is 4.39 Å². The molecule has 3 rings (SSSR count). The average molecular weight is 415 g/mol. The van der Waals surface area contributed by atoms with Crippen LogP contribution in [-0.4, -0.2) is 56.7 Å². The smallest absolute Gasteiger partial charge is 0.309 e. The Balaban J connectivity index is 1.58. The standard InChI is InChI=1S/C22H26FN3O4/c1-29-19-8-4-17(5-9-19)20(26-10-12-30-13-11-26)15-25-22(28)21(27)24-14-16-2-6-18(23)7-3-16/h2-9,20H,10-15H2,1H3,(H,24,27)(H,25,28)/t20-/m0/s1. The third kappa shape index (κ3) is 6.01. The number of ether oxygens (including phenoxy) is 2. The van der Waals surface area contributed by atoms with E-state index in [9.17, 15) is 14.0 Å². The summed E-state index contributed by atoms with van der Waals surface area (Å²) in [7, 11) is 1.61. The van der Waals surface area contributed by atoms with Crippen molar-refractivity contribution in [3.8, 4) is 5.75 Å². The molecule has 1 aliphatic heterocycles. The van der Waals surface area contributed by atoms with Crippen molar-refractivity contribution in [2.24, 2.45) is 0 Å². The minimum Gasteiger partial charge on any atom is -0.497 e. The fraction of sp³-hybridized carbons (Fsp3) is 0.364. The topological polar surface area (TPSA) is 79.9 Å². The Labute approximate surface area is 175 Å². The van der Waals surface area contributed by atoms with Crippen LogP contribution in [0.3, 0.4) is 0 Å². The van der Waals surface area contributed by atoms with E-state index in [1.165, 1.54) is 12.1 Å². The lowest BCUT2D eigenvalue weighted by atomic mass is 10.0. The quantitative estimate of drug-likeness (QED) is 0.672. The van der Waals surface area contributed by atoms with E-state index >= 15 is 0 Å². The van der Waals surface area contributed by atoms with Gasteiger partial charge in [0, 0.05) is 26.2 Å². The van der Waals surface area contributed by atoms with Crippen LogP contribution in [0.5, 0.6) is 5.75 Å². The van der Waals surface area contributed by atoms with Crippen molar-refractivity contribution in [3.63, 3.8) is 0 Å². The molecule has 2 aromatic rings. The molecule has 8 heteroatoms. The van der Waals surface area contributed by atoms with Gasteiger partial charge in [0.15, 0.2) is 0 Å². The number of amides is 2. The van der Waals surface area contributed by atoms with Gasteiger partial charge in [-0.05, 0) is 35.4 Å². The number of methoxy groups -OCH3 is 1. The number of morpholine rings is 1. The van der Waals surface area contributed by atoms with E-state index in [4.69, 9.17) is 9.47 Å². The van der Waals surface area contributed by atoms with Gasteiger partial charge in [0.05, 0.1) is 26.4 Å². The second kappa shape index (κ2) is 10.7. The summed E-state index contributed by atoms with van der Waals surface area (Å²) >= 11 is 0. The average Bonchev–Trinajstić information content (AvgIpc) is 2.79. The van der Waals surface area contributed by atoms with Gasteiger partial charge < -0.3 is 20.1 Å². The van der Waals surface area contributed by atoms with Crippen LogP contribution in [0.15, 0.2) is 48.5 Å². The van der Waals surface area contributed by atoms with Crippen molar-refractivity contribution in [2.45, 2.75) is 12.6 Å². The third-order valence-corrected chi connectivity index (χ3v) is 5.02. The van der Waals surface area contributed by atoms with E-state index < -0.39 is 11.8 Å². The van der Waals surface area contributed by atoms with Gasteiger partial charge in [-0.25, -0.2) is 4.39 Å². The zero-order valence-electron chi connectivity index (χ0n) is 16.9. The first-order valence-electron chi connectivity index (χ1n) is 9.83. The van der Waals surface area contributed by atoms with Crippen LogP contribution < -0.4 is 15.4 Å². The van der Waals surface area contributed by atoms with Gasteiger partial charge in [-0.15, -0.1) is 0 Å². The minimum atomic E-state index is -0.727. The summed E-state index contributed by atoms with van der Waals surface area (Å²) in [6.45, 7) is 3.16. The number of nitrogens with one attached hydrogen (secondary N) is 2. The molecule has 2 aromatic carbocycles. The molecule has 1 aliphatic rings. The van der Waals surface area contributed by atoms with E-state index in [-0.39, 0.29) is 24.9 Å². The zero-order chi connectivity index (χ0) is 21.3. The maximum Gasteiger partial charge on any atom is 0.309 e. The van der Waals surface area contributed by atoms with Crippen molar-refractivity contribution in [3.05, 3.63) is 65.5 Å². The summed E-state index contributed by atoms with van der Waals surface area (Å²) in [4.78, 5) is 26.7. The molecule has 0 saturated carbocycles. The van der Waals surface area contributed by atoms with Crippen molar-refractivity contribution in [1.82, 2.24) is 15.5 Å². The summed E-state index contributed by atoms with van der Waals surface area (Å²) in [5.74, 6) is -1.03. The fourth-order valence-electron chi connectivity index (χ4n) is 3.31. The highest BCUT2D eigenvalue weighted by Gasteiger charge is 2.24. The molecule has 7 nitrogen and oxygen atoms in total. The largest absolute Gasteiger partial charge is 0.497 e. The second-order valence-electron chi connectivity index (χ2n) is 6.96. The van der Waals surface area contributed by atoms with Crippen LogP contribution in [-0.2, 0) is 20.9 Å². The maximum absolute atomic E-state index is 13.0. The van der Waals surface area contributed by atoms with Crippen LogP contribution in [0.2, 0.25) is 0 Å². The first-order valence-corrected chi connectivity index (χ1v) is 9.83. The molecule has 1 saturated heterocycles. The zero-order valence-corrected chi connectivity index (χ0v) is 16.9. The predicted molar refractivity (Wildman–Crippen MR) is 109 cm³/mol. The number of halogens is 1. The van der Waals surface area contributed by atoms with Gasteiger partial charge in [-0.3, -0.25) is 14.5 Å². The lowest BCUT2D eigenvalue weighted by Gasteiger charge is -2.34. The molecule has 0 spiro atoms. The van der Waals surface area contributed by atoms with Crippen LogP contribution in [0.1, 0.15) is 17.2 Å². The second-order valence-corrected chi connectivity index (χ2v) is 6.96. The Bertz CT molecular complexity index is 836. The van der Waals surface area contributed by atoms with Crippen LogP contribution >= 0.6 is 0 Å². The number of benzene rings is 2. The molecular formula is C22H26FN3O4. The number of nitrogens with zero attached hydrogens (tertiary/aromatic N) is 1. The first-order chi connectivity index (χ1) is 14.6. The molecule has 160 valence electrons. The van der Waals surface area contributed by atoms with E-state index in [1.807, 2.05) is 24.3 Å². The molecule has 0 unspecified atom stereocenters. The van der Waals surface area contributed by atoms with Gasteiger partial charge in [-0.1, -0.05) is 24.3 Å². The Kier molecular flexibility index (Phi) is 7.75. The molecule has 1 atom stereocenters. The molecule has 2 N–H and O–H groups in total. The monoisotopic (exact) mass is 415 g/mol. The van der Waals surface area contributed by atoms with Crippen LogP contribution in [0.25, 0.3) is 0 Å². The molecule has 1 heterocycles. The van der Waals surface area contributed by atoms with E-state index in [0.717, 1.165) is 24.4 Å². The van der Waals surface area contributed by atoms with Gasteiger partial charge >= 0.3 is 11.8 Å². The Morgan fingerprint density at radius 3 is 2.30 bits per heavy atom. The van der Waals surface area contributed by atoms with Crippen molar-refractivity contribution >= 4 is 11.8 Å². The molecule has 30 heavy (non-hydrogen) atoms. The first kappa shape index (κ1) is 21.7. The fourth-order valence-corrected chi connectivity index (χ4v) is 3.31. The maximum atomic E-state index is 13.0. The van der Waals surface area contributed by atoms with Gasteiger partial charge in [0.2, 0.25) is 0 Å². The highest BCUT2D eigenvalue weighted by Crippen LogP contribution is 2.23. The molecule has 1 fully saturated rings. The van der Waals surface area contributed by atoms with Crippen molar-refractivity contribution in [2.75, 3.05) is 40.0 Å². The number of rotatable bonds is 7. The number of carbonyl (C=O) groups is 2. The van der Waals surface area contributed by atoms with E-state index in [0.29, 0.717) is 18.8 Å². The minimum absolute atomic E-state index is 0.0892. The van der Waals surface area contributed by atoms with Gasteiger partial charge in [-0.2, -0.15) is 0 Å². The SMILES string of the molecule is COc1ccc([C@H](CNC(=O)C(=O)NCc2ccc(F)cc2)N2CCOCC2)cc1. The molecule has 0 aromatic heterocycles. The number of carbonyl (C=O) groups excluding carboxylic acids is 2. The van der Waals surface area contributed by atoms with Crippen LogP contribution in [0, 0.1) is 5.82 Å². The van der Waals surface area contributed by atoms with E-state index in [2.05, 4.69) is 15.5 Å². The number of hydrogen-bond acceptors (Lipinski definition) is 5. The lowest BCUT2D eigenvalue weighted by molar-refractivity contribution is -0.139. The summed E-state index contributed by atoms with van der Waals surface area (Å²) < 4.78 is 23.6.